The van der Waals surface area contributed by atoms with E-state index in [1.807, 2.05) is 0 Å². The summed E-state index contributed by atoms with van der Waals surface area (Å²) in [6, 6.07) is 11.4. The van der Waals surface area contributed by atoms with Crippen molar-refractivity contribution in [2.45, 2.75) is 89.5 Å². The second-order valence-corrected chi connectivity index (χ2v) is 7.98. The summed E-state index contributed by atoms with van der Waals surface area (Å²) in [6.45, 7) is 1.10. The average Bonchev–Trinajstić information content (AvgIpc) is 2.62. The third-order valence-electron chi connectivity index (χ3n) is 5.95. The quantitative estimate of drug-likeness (QED) is 0.673. The molecule has 1 aliphatic heterocycles. The molecular weight excluding hydrogens is 304 g/mol. The molecule has 1 saturated carbocycles. The monoisotopic (exact) mass is 340 g/mol. The minimum Gasteiger partial charge on any atom is -0.374 e. The largest absolute Gasteiger partial charge is 0.374 e. The normalized spacial score (nSPS) is 24.2. The molecule has 0 bridgehead atoms. The summed E-state index contributed by atoms with van der Waals surface area (Å²) in [7, 11) is 0. The molecule has 25 heavy (non-hydrogen) atoms. The molecule has 1 aliphatic carbocycles. The van der Waals surface area contributed by atoms with Gasteiger partial charge in [0.15, 0.2) is 0 Å². The first-order valence-electron chi connectivity index (χ1n) is 10.8. The Balaban J connectivity index is 1.68. The molecule has 0 radical (unpaired) electrons. The van der Waals surface area contributed by atoms with Gasteiger partial charge in [-0.15, -0.1) is 0 Å². The molecule has 2 aliphatic rings. The molecule has 1 heterocycles. The molecule has 0 amide bonds. The van der Waals surface area contributed by atoms with Crippen molar-refractivity contribution < 1.29 is 0 Å². The molecule has 138 valence electrons. The van der Waals surface area contributed by atoms with Crippen LogP contribution in [0.2, 0.25) is 0 Å². The van der Waals surface area contributed by atoms with E-state index < -0.39 is 0 Å². The smallest absolute Gasteiger partial charge is 0.0970 e. The number of aliphatic imine (C=N–C) groups is 1. The van der Waals surface area contributed by atoms with E-state index in [9.17, 15) is 0 Å². The molecule has 2 heteroatoms. The molecule has 1 aromatic rings. The van der Waals surface area contributed by atoms with Crippen LogP contribution in [0.15, 0.2) is 35.3 Å². The number of nitrogens with one attached hydrogen (secondary N) is 1. The minimum atomic E-state index is 0.369. The van der Waals surface area contributed by atoms with Gasteiger partial charge in [0.1, 0.15) is 0 Å². The van der Waals surface area contributed by atoms with E-state index in [2.05, 4.69) is 35.6 Å². The lowest BCUT2D eigenvalue weighted by atomic mass is 9.77. The molecule has 1 aromatic carbocycles. The molecule has 1 atom stereocenters. The van der Waals surface area contributed by atoms with Crippen LogP contribution in [0.25, 0.3) is 0 Å². The van der Waals surface area contributed by atoms with Crippen molar-refractivity contribution in [3.8, 4) is 0 Å². The lowest BCUT2D eigenvalue weighted by Crippen LogP contribution is -2.28. The highest BCUT2D eigenvalue weighted by atomic mass is 15.0. The van der Waals surface area contributed by atoms with Gasteiger partial charge >= 0.3 is 0 Å². The van der Waals surface area contributed by atoms with Crippen molar-refractivity contribution in [2.24, 2.45) is 10.9 Å². The van der Waals surface area contributed by atoms with E-state index in [1.165, 1.54) is 88.4 Å². The summed E-state index contributed by atoms with van der Waals surface area (Å²) in [4.78, 5) is 5.28. The van der Waals surface area contributed by atoms with E-state index in [0.29, 0.717) is 6.04 Å². The van der Waals surface area contributed by atoms with E-state index in [0.717, 1.165) is 18.9 Å². The molecule has 0 aromatic heterocycles. The zero-order valence-corrected chi connectivity index (χ0v) is 15.9. The molecule has 1 saturated heterocycles. The first-order valence-corrected chi connectivity index (χ1v) is 10.8. The van der Waals surface area contributed by atoms with Crippen LogP contribution in [-0.4, -0.2) is 12.4 Å². The average molecular weight is 341 g/mol. The number of hydrogen-bond donors (Lipinski definition) is 1. The van der Waals surface area contributed by atoms with E-state index in [-0.39, 0.29) is 0 Å². The fraction of sp³-hybridized carbons (Fsp3) is 0.696. The van der Waals surface area contributed by atoms with Gasteiger partial charge in [-0.2, -0.15) is 0 Å². The summed E-state index contributed by atoms with van der Waals surface area (Å²) in [5.74, 6) is 2.03. The third-order valence-corrected chi connectivity index (χ3v) is 5.95. The number of amidine groups is 1. The molecule has 3 rings (SSSR count). The molecule has 1 N–H and O–H groups in total. The predicted molar refractivity (Wildman–Crippen MR) is 108 cm³/mol. The Kier molecular flexibility index (Phi) is 7.86. The van der Waals surface area contributed by atoms with Gasteiger partial charge in [0.2, 0.25) is 0 Å². The van der Waals surface area contributed by atoms with Crippen molar-refractivity contribution in [3.05, 3.63) is 35.9 Å². The molecule has 2 fully saturated rings. The van der Waals surface area contributed by atoms with Crippen molar-refractivity contribution >= 4 is 5.84 Å². The Morgan fingerprint density at radius 3 is 2.04 bits per heavy atom. The van der Waals surface area contributed by atoms with E-state index in [4.69, 9.17) is 4.99 Å². The molecule has 1 unspecified atom stereocenters. The Morgan fingerprint density at radius 2 is 1.40 bits per heavy atom. The van der Waals surface area contributed by atoms with Crippen molar-refractivity contribution in [1.29, 1.82) is 0 Å². The Bertz CT molecular complexity index is 488. The maximum atomic E-state index is 5.28. The Hall–Kier alpha value is -1.31. The molecule has 2 nitrogen and oxygen atoms in total. The highest BCUT2D eigenvalue weighted by Gasteiger charge is 2.28. The summed E-state index contributed by atoms with van der Waals surface area (Å²) < 4.78 is 0. The zero-order valence-electron chi connectivity index (χ0n) is 15.9. The van der Waals surface area contributed by atoms with Gasteiger partial charge in [0.05, 0.1) is 11.9 Å². The highest BCUT2D eigenvalue weighted by molar-refractivity contribution is 5.82. The summed E-state index contributed by atoms with van der Waals surface area (Å²) in [6.07, 6.45) is 17.6. The molecule has 0 spiro atoms. The first-order chi connectivity index (χ1) is 12.4. The lowest BCUT2D eigenvalue weighted by molar-refractivity contribution is 0.265. The topological polar surface area (TPSA) is 24.4 Å². The van der Waals surface area contributed by atoms with Gasteiger partial charge in [-0.1, -0.05) is 81.7 Å². The van der Waals surface area contributed by atoms with Crippen LogP contribution in [-0.2, 0) is 0 Å². The van der Waals surface area contributed by atoms with E-state index in [1.54, 1.807) is 0 Å². The van der Waals surface area contributed by atoms with Crippen LogP contribution in [0.5, 0.6) is 0 Å². The zero-order chi connectivity index (χ0) is 17.2. The minimum absolute atomic E-state index is 0.369. The van der Waals surface area contributed by atoms with E-state index >= 15 is 0 Å². The van der Waals surface area contributed by atoms with Gasteiger partial charge in [-0.3, -0.25) is 4.99 Å². The maximum Gasteiger partial charge on any atom is 0.0970 e. The van der Waals surface area contributed by atoms with Crippen LogP contribution in [0.1, 0.15) is 95.1 Å². The number of nitrogens with zero attached hydrogens (tertiary/aromatic N) is 1. The summed E-state index contributed by atoms with van der Waals surface area (Å²) in [5, 5.41) is 3.71. The van der Waals surface area contributed by atoms with Crippen LogP contribution >= 0.6 is 0 Å². The first kappa shape index (κ1) is 18.5. The van der Waals surface area contributed by atoms with Gasteiger partial charge in [0.25, 0.3) is 0 Å². The fourth-order valence-electron chi connectivity index (χ4n) is 4.11. The van der Waals surface area contributed by atoms with Crippen molar-refractivity contribution in [2.75, 3.05) is 6.54 Å². The van der Waals surface area contributed by atoms with Crippen molar-refractivity contribution in [3.63, 3.8) is 0 Å². The van der Waals surface area contributed by atoms with Crippen LogP contribution in [0.4, 0.5) is 0 Å². The standard InChI is InChI=1S/C23H36N2/c1-2-4-6-11-18-22(24-19-12-7-5-3-1)25-23(21-16-13-17-21)20-14-9-8-10-15-20/h8-10,14-15,21,23H,1-7,11-13,16-19H2,(H,24,25). The van der Waals surface area contributed by atoms with Gasteiger partial charge < -0.3 is 5.32 Å². The Morgan fingerprint density at radius 1 is 0.760 bits per heavy atom. The second kappa shape index (κ2) is 10.6. The van der Waals surface area contributed by atoms with Crippen LogP contribution in [0, 0.1) is 5.92 Å². The maximum absolute atomic E-state index is 5.28. The number of benzene rings is 1. The molecular formula is C23H36N2. The van der Waals surface area contributed by atoms with Crippen LogP contribution in [0.3, 0.4) is 0 Å². The third kappa shape index (κ3) is 6.17. The van der Waals surface area contributed by atoms with Gasteiger partial charge in [-0.25, -0.2) is 0 Å². The van der Waals surface area contributed by atoms with Crippen molar-refractivity contribution in [1.82, 2.24) is 5.32 Å². The Labute approximate surface area is 154 Å². The lowest BCUT2D eigenvalue weighted by Gasteiger charge is -2.32. The second-order valence-electron chi connectivity index (χ2n) is 7.98. The van der Waals surface area contributed by atoms with Gasteiger partial charge in [-0.05, 0) is 37.2 Å². The van der Waals surface area contributed by atoms with Crippen LogP contribution < -0.4 is 5.32 Å². The SMILES string of the molecule is c1ccc(C(/N=C2/CCCCCCCCCCCN2)C2CCC2)cc1. The fourth-order valence-corrected chi connectivity index (χ4v) is 4.11. The summed E-state index contributed by atoms with van der Waals surface area (Å²) >= 11 is 0. The number of rotatable bonds is 3. The highest BCUT2D eigenvalue weighted by Crippen LogP contribution is 2.40. The summed E-state index contributed by atoms with van der Waals surface area (Å²) in [5.41, 5.74) is 1.41. The number of hydrogen-bond acceptors (Lipinski definition) is 1. The van der Waals surface area contributed by atoms with Gasteiger partial charge in [0, 0.05) is 13.0 Å². The predicted octanol–water partition coefficient (Wildman–Crippen LogP) is 6.43.